The lowest BCUT2D eigenvalue weighted by Gasteiger charge is -2.09. The molecule has 0 radical (unpaired) electrons. The lowest BCUT2D eigenvalue weighted by molar-refractivity contribution is 0.475. The van der Waals surface area contributed by atoms with E-state index in [0.29, 0.717) is 5.88 Å². The summed E-state index contributed by atoms with van der Waals surface area (Å²) in [6.45, 7) is 0. The Kier molecular flexibility index (Phi) is 2.72. The van der Waals surface area contributed by atoms with Gasteiger partial charge in [-0.3, -0.25) is 0 Å². The van der Waals surface area contributed by atoms with Crippen molar-refractivity contribution >= 4 is 38.3 Å². The van der Waals surface area contributed by atoms with E-state index in [0.717, 1.165) is 26.7 Å². The number of hydrogen-bond donors (Lipinski definition) is 1. The Labute approximate surface area is 124 Å². The molecule has 0 saturated carbocycles. The van der Waals surface area contributed by atoms with Crippen LogP contribution < -0.4 is 10.5 Å². The average Bonchev–Trinajstić information content (AvgIpc) is 2.96. The molecule has 4 rings (SSSR count). The highest BCUT2D eigenvalue weighted by Crippen LogP contribution is 2.34. The third-order valence-electron chi connectivity index (χ3n) is 3.26. The van der Waals surface area contributed by atoms with Crippen molar-refractivity contribution in [1.82, 2.24) is 9.97 Å². The van der Waals surface area contributed by atoms with Gasteiger partial charge in [-0.05, 0) is 22.9 Å². The van der Waals surface area contributed by atoms with E-state index in [1.54, 1.807) is 0 Å². The molecule has 0 amide bonds. The highest BCUT2D eigenvalue weighted by molar-refractivity contribution is 7.16. The summed E-state index contributed by atoms with van der Waals surface area (Å²) < 4.78 is 6.02. The maximum absolute atomic E-state index is 6.02. The number of nitrogens with two attached hydrogens (primary N) is 1. The first-order valence-corrected chi connectivity index (χ1v) is 7.35. The van der Waals surface area contributed by atoms with Crippen molar-refractivity contribution in [2.45, 2.75) is 0 Å². The van der Waals surface area contributed by atoms with Crippen LogP contribution in [0.5, 0.6) is 11.6 Å². The second-order valence-corrected chi connectivity index (χ2v) is 5.50. The molecule has 4 nitrogen and oxygen atoms in total. The molecule has 102 valence electrons. The number of ether oxygens (including phenoxy) is 1. The number of thiophene rings is 1. The Morgan fingerprint density at radius 3 is 2.71 bits per heavy atom. The van der Waals surface area contributed by atoms with E-state index < -0.39 is 0 Å². The highest BCUT2D eigenvalue weighted by atomic mass is 32.1. The third-order valence-corrected chi connectivity index (χ3v) is 4.07. The fourth-order valence-corrected chi connectivity index (χ4v) is 3.07. The average molecular weight is 293 g/mol. The van der Waals surface area contributed by atoms with Crippen LogP contribution in [0.3, 0.4) is 0 Å². The van der Waals surface area contributed by atoms with Crippen LogP contribution in [0, 0.1) is 0 Å². The van der Waals surface area contributed by atoms with Crippen LogP contribution in [0.1, 0.15) is 0 Å². The molecule has 0 fully saturated rings. The van der Waals surface area contributed by atoms with Gasteiger partial charge in [-0.15, -0.1) is 11.3 Å². The van der Waals surface area contributed by atoms with Crippen LogP contribution in [0.25, 0.3) is 21.0 Å². The maximum atomic E-state index is 6.02. The van der Waals surface area contributed by atoms with Crippen LogP contribution in [-0.4, -0.2) is 9.97 Å². The van der Waals surface area contributed by atoms with Gasteiger partial charge in [0.25, 0.3) is 0 Å². The quantitative estimate of drug-likeness (QED) is 0.601. The van der Waals surface area contributed by atoms with Crippen molar-refractivity contribution in [1.29, 1.82) is 0 Å². The minimum Gasteiger partial charge on any atom is -0.437 e. The third kappa shape index (κ3) is 2.08. The number of benzene rings is 2. The molecule has 0 atom stereocenters. The Balaban J connectivity index is 1.89. The zero-order valence-electron chi connectivity index (χ0n) is 11.0. The number of fused-ring (bicyclic) bond motifs is 2. The summed E-state index contributed by atoms with van der Waals surface area (Å²) in [5.74, 6) is 1.48. The number of aromatic nitrogens is 2. The molecule has 2 aromatic carbocycles. The molecular weight excluding hydrogens is 282 g/mol. The van der Waals surface area contributed by atoms with Gasteiger partial charge in [-0.1, -0.05) is 36.4 Å². The molecule has 0 bridgehead atoms. The summed E-state index contributed by atoms with van der Waals surface area (Å²) in [5.41, 5.74) is 5.75. The molecule has 0 aliphatic rings. The molecule has 0 aliphatic carbocycles. The van der Waals surface area contributed by atoms with Gasteiger partial charge in [-0.25, -0.2) is 4.98 Å². The lowest BCUT2D eigenvalue weighted by atomic mass is 10.1. The normalized spacial score (nSPS) is 11.0. The highest BCUT2D eigenvalue weighted by Gasteiger charge is 2.11. The second-order valence-electron chi connectivity index (χ2n) is 4.61. The number of anilines is 1. The zero-order valence-corrected chi connectivity index (χ0v) is 11.8. The van der Waals surface area contributed by atoms with E-state index in [4.69, 9.17) is 10.5 Å². The van der Waals surface area contributed by atoms with Crippen molar-refractivity contribution in [3.63, 3.8) is 0 Å². The molecule has 2 aromatic heterocycles. The molecule has 21 heavy (non-hydrogen) atoms. The molecule has 5 heteroatoms. The predicted molar refractivity (Wildman–Crippen MR) is 85.8 cm³/mol. The first-order chi connectivity index (χ1) is 10.3. The summed E-state index contributed by atoms with van der Waals surface area (Å²) >= 11 is 1.52. The van der Waals surface area contributed by atoms with Crippen molar-refractivity contribution in [2.24, 2.45) is 0 Å². The summed E-state index contributed by atoms with van der Waals surface area (Å²) in [7, 11) is 0. The van der Waals surface area contributed by atoms with Crippen molar-refractivity contribution in [2.75, 3.05) is 5.73 Å². The van der Waals surface area contributed by atoms with Gasteiger partial charge in [0.15, 0.2) is 0 Å². The minimum atomic E-state index is 0.222. The summed E-state index contributed by atoms with van der Waals surface area (Å²) in [6, 6.07) is 16.0. The molecule has 0 aliphatic heterocycles. The molecule has 2 N–H and O–H groups in total. The van der Waals surface area contributed by atoms with Gasteiger partial charge in [0, 0.05) is 5.39 Å². The molecule has 0 saturated heterocycles. The van der Waals surface area contributed by atoms with Crippen LogP contribution in [-0.2, 0) is 0 Å². The van der Waals surface area contributed by atoms with Gasteiger partial charge in [-0.2, -0.15) is 4.98 Å². The van der Waals surface area contributed by atoms with Gasteiger partial charge in [0.05, 0.1) is 5.39 Å². The first-order valence-electron chi connectivity index (χ1n) is 6.47. The SMILES string of the molecule is Nc1nc(Oc2cccc3ccccc23)c2ccsc2n1. The fourth-order valence-electron chi connectivity index (χ4n) is 2.31. The molecule has 4 aromatic rings. The van der Waals surface area contributed by atoms with Crippen molar-refractivity contribution < 1.29 is 4.74 Å². The van der Waals surface area contributed by atoms with E-state index in [2.05, 4.69) is 22.1 Å². The fraction of sp³-hybridized carbons (Fsp3) is 0. The summed E-state index contributed by atoms with van der Waals surface area (Å²) in [5, 5.41) is 5.00. The van der Waals surface area contributed by atoms with Crippen LogP contribution >= 0.6 is 11.3 Å². The Morgan fingerprint density at radius 2 is 1.76 bits per heavy atom. The van der Waals surface area contributed by atoms with Crippen LogP contribution in [0.15, 0.2) is 53.9 Å². The standard InChI is InChI=1S/C16H11N3OS/c17-16-18-14(12-8-9-21-15(12)19-16)20-13-7-3-5-10-4-1-2-6-11(10)13/h1-9H,(H2,17,18,19). The van der Waals surface area contributed by atoms with E-state index in [1.807, 2.05) is 41.8 Å². The molecule has 0 unspecified atom stereocenters. The molecular formula is C16H11N3OS. The second kappa shape index (κ2) is 4.71. The summed E-state index contributed by atoms with van der Waals surface area (Å²) in [6.07, 6.45) is 0. The van der Waals surface area contributed by atoms with Gasteiger partial charge in [0.1, 0.15) is 10.6 Å². The zero-order chi connectivity index (χ0) is 14.2. The number of nitrogens with zero attached hydrogens (tertiary/aromatic N) is 2. The molecule has 2 heterocycles. The smallest absolute Gasteiger partial charge is 0.232 e. The first kappa shape index (κ1) is 12.1. The largest absolute Gasteiger partial charge is 0.437 e. The topological polar surface area (TPSA) is 61.0 Å². The lowest BCUT2D eigenvalue weighted by Crippen LogP contribution is -1.97. The Morgan fingerprint density at radius 1 is 0.905 bits per heavy atom. The molecule has 0 spiro atoms. The maximum Gasteiger partial charge on any atom is 0.232 e. The van der Waals surface area contributed by atoms with Gasteiger partial charge in [0.2, 0.25) is 11.8 Å². The van der Waals surface area contributed by atoms with Gasteiger partial charge < -0.3 is 10.5 Å². The van der Waals surface area contributed by atoms with Crippen LogP contribution in [0.2, 0.25) is 0 Å². The monoisotopic (exact) mass is 293 g/mol. The van der Waals surface area contributed by atoms with Crippen molar-refractivity contribution in [3.8, 4) is 11.6 Å². The Hall–Kier alpha value is -2.66. The summed E-state index contributed by atoms with van der Waals surface area (Å²) in [4.78, 5) is 9.26. The minimum absolute atomic E-state index is 0.222. The predicted octanol–water partition coefficient (Wildman–Crippen LogP) is 4.22. The van der Waals surface area contributed by atoms with E-state index in [-0.39, 0.29) is 5.95 Å². The van der Waals surface area contributed by atoms with E-state index in [1.165, 1.54) is 11.3 Å². The number of rotatable bonds is 2. The van der Waals surface area contributed by atoms with Crippen molar-refractivity contribution in [3.05, 3.63) is 53.9 Å². The van der Waals surface area contributed by atoms with Crippen LogP contribution in [0.4, 0.5) is 5.95 Å². The van der Waals surface area contributed by atoms with Gasteiger partial charge >= 0.3 is 0 Å². The van der Waals surface area contributed by atoms with E-state index in [9.17, 15) is 0 Å². The number of nitrogen functional groups attached to an aromatic ring is 1. The van der Waals surface area contributed by atoms with E-state index >= 15 is 0 Å². The number of hydrogen-bond acceptors (Lipinski definition) is 5. The Bertz CT molecular complexity index is 943.